The summed E-state index contributed by atoms with van der Waals surface area (Å²) in [5.74, 6) is -0.201. The molecule has 0 aliphatic rings. The van der Waals surface area contributed by atoms with Crippen LogP contribution in [0.2, 0.25) is 0 Å². The third kappa shape index (κ3) is 3.64. The van der Waals surface area contributed by atoms with Gasteiger partial charge in [-0.05, 0) is 24.3 Å². The van der Waals surface area contributed by atoms with Crippen molar-refractivity contribution >= 4 is 5.91 Å². The van der Waals surface area contributed by atoms with Crippen LogP contribution in [0.25, 0.3) is 0 Å². The molecule has 0 aliphatic carbocycles. The largest absolute Gasteiger partial charge is 0.404 e. The average Bonchev–Trinajstić information content (AvgIpc) is 2.12. The van der Waals surface area contributed by atoms with Crippen LogP contribution < -0.4 is 11.5 Å². The summed E-state index contributed by atoms with van der Waals surface area (Å²) in [5, 5.41) is 0. The maximum atomic E-state index is 11.3. The van der Waals surface area contributed by atoms with Gasteiger partial charge in [-0.1, -0.05) is 6.92 Å². The summed E-state index contributed by atoms with van der Waals surface area (Å²) >= 11 is 0. The van der Waals surface area contributed by atoms with Gasteiger partial charge in [-0.15, -0.1) is 0 Å². The van der Waals surface area contributed by atoms with Crippen molar-refractivity contribution in [3.63, 3.8) is 0 Å². The predicted molar refractivity (Wildman–Crippen MR) is 53.5 cm³/mol. The van der Waals surface area contributed by atoms with Gasteiger partial charge in [0.2, 0.25) is 0 Å². The van der Waals surface area contributed by atoms with Gasteiger partial charge < -0.3 is 16.4 Å². The molecule has 74 valence electrons. The van der Waals surface area contributed by atoms with E-state index >= 15 is 0 Å². The van der Waals surface area contributed by atoms with E-state index in [2.05, 4.69) is 0 Å². The standard InChI is InChI=1S/C9H17N3O/c1-4-7(6-10)5-8(11)9(13)12(2)3/h5-6H,4,10-11H2,1-3H3/b7-6-,8-5-. The fourth-order valence-corrected chi connectivity index (χ4v) is 0.788. The van der Waals surface area contributed by atoms with E-state index in [9.17, 15) is 4.79 Å². The zero-order valence-corrected chi connectivity index (χ0v) is 8.37. The molecule has 0 spiro atoms. The van der Waals surface area contributed by atoms with Crippen molar-refractivity contribution in [2.24, 2.45) is 11.5 Å². The van der Waals surface area contributed by atoms with Crippen molar-refractivity contribution < 1.29 is 4.79 Å². The summed E-state index contributed by atoms with van der Waals surface area (Å²) in [6, 6.07) is 0. The molecule has 0 rings (SSSR count). The summed E-state index contributed by atoms with van der Waals surface area (Å²) in [6.07, 6.45) is 3.82. The van der Waals surface area contributed by atoms with Crippen LogP contribution in [0.5, 0.6) is 0 Å². The first-order valence-electron chi connectivity index (χ1n) is 4.12. The number of carbonyl (C=O) groups excluding carboxylic acids is 1. The molecule has 0 heterocycles. The molecule has 0 saturated carbocycles. The Labute approximate surface area is 78.9 Å². The maximum Gasteiger partial charge on any atom is 0.269 e. The first-order valence-corrected chi connectivity index (χ1v) is 4.12. The Bertz CT molecular complexity index is 241. The molecular formula is C9H17N3O. The second-order valence-corrected chi connectivity index (χ2v) is 2.89. The fourth-order valence-electron chi connectivity index (χ4n) is 0.788. The van der Waals surface area contributed by atoms with Gasteiger partial charge in [-0.2, -0.15) is 0 Å². The number of hydrogen-bond acceptors (Lipinski definition) is 3. The minimum absolute atomic E-state index is 0.201. The van der Waals surface area contributed by atoms with E-state index in [1.54, 1.807) is 20.2 Å². The van der Waals surface area contributed by atoms with Crippen molar-refractivity contribution in [3.05, 3.63) is 23.5 Å². The lowest BCUT2D eigenvalue weighted by molar-refractivity contribution is -0.124. The average molecular weight is 183 g/mol. The predicted octanol–water partition coefficient (Wildman–Crippen LogP) is 0.170. The zero-order valence-electron chi connectivity index (χ0n) is 8.37. The van der Waals surface area contributed by atoms with Gasteiger partial charge in [0.15, 0.2) is 0 Å². The second-order valence-electron chi connectivity index (χ2n) is 2.89. The Balaban J connectivity index is 4.58. The summed E-state index contributed by atoms with van der Waals surface area (Å²) < 4.78 is 0. The molecule has 1 amide bonds. The number of nitrogens with zero attached hydrogens (tertiary/aromatic N) is 1. The molecule has 0 aromatic heterocycles. The SMILES string of the molecule is CCC(=C/N)/C=C(\N)C(=O)N(C)C. The van der Waals surface area contributed by atoms with Crippen LogP contribution in [0.15, 0.2) is 23.5 Å². The van der Waals surface area contributed by atoms with Gasteiger partial charge in [0.25, 0.3) is 5.91 Å². The van der Waals surface area contributed by atoms with E-state index in [4.69, 9.17) is 11.5 Å². The number of hydrogen-bond donors (Lipinski definition) is 2. The molecule has 0 fully saturated rings. The number of amides is 1. The lowest BCUT2D eigenvalue weighted by Gasteiger charge is -2.10. The summed E-state index contributed by atoms with van der Waals surface area (Å²) in [5.41, 5.74) is 11.9. The molecule has 4 heteroatoms. The van der Waals surface area contributed by atoms with Crippen LogP contribution in [0.3, 0.4) is 0 Å². The van der Waals surface area contributed by atoms with Gasteiger partial charge in [0.05, 0.1) is 5.70 Å². The van der Waals surface area contributed by atoms with E-state index in [0.717, 1.165) is 12.0 Å². The van der Waals surface area contributed by atoms with Crippen LogP contribution in [0.1, 0.15) is 13.3 Å². The number of allylic oxidation sites excluding steroid dienone is 2. The quantitative estimate of drug-likeness (QED) is 0.484. The molecule has 0 aromatic rings. The number of carbonyl (C=O) groups is 1. The van der Waals surface area contributed by atoms with Crippen molar-refractivity contribution in [1.82, 2.24) is 4.90 Å². The van der Waals surface area contributed by atoms with Gasteiger partial charge in [-0.25, -0.2) is 0 Å². The molecular weight excluding hydrogens is 166 g/mol. The van der Waals surface area contributed by atoms with Crippen molar-refractivity contribution in [1.29, 1.82) is 0 Å². The van der Waals surface area contributed by atoms with Gasteiger partial charge in [-0.3, -0.25) is 4.79 Å². The highest BCUT2D eigenvalue weighted by Crippen LogP contribution is 2.03. The Kier molecular flexibility index (Phi) is 4.66. The van der Waals surface area contributed by atoms with Crippen LogP contribution in [-0.4, -0.2) is 24.9 Å². The van der Waals surface area contributed by atoms with Crippen LogP contribution in [0, 0.1) is 0 Å². The maximum absolute atomic E-state index is 11.3. The van der Waals surface area contributed by atoms with Crippen LogP contribution in [-0.2, 0) is 4.79 Å². The van der Waals surface area contributed by atoms with E-state index in [-0.39, 0.29) is 11.6 Å². The van der Waals surface area contributed by atoms with Crippen molar-refractivity contribution in [3.8, 4) is 0 Å². The molecule has 0 atom stereocenters. The first-order chi connectivity index (χ1) is 6.02. The Morgan fingerprint density at radius 3 is 2.31 bits per heavy atom. The van der Waals surface area contributed by atoms with Crippen LogP contribution in [0.4, 0.5) is 0 Å². The summed E-state index contributed by atoms with van der Waals surface area (Å²) in [7, 11) is 3.31. The number of likely N-dealkylation sites (N-methyl/N-ethyl adjacent to an activating group) is 1. The lowest BCUT2D eigenvalue weighted by atomic mass is 10.2. The third-order valence-corrected chi connectivity index (χ3v) is 1.62. The molecule has 0 aromatic carbocycles. The first kappa shape index (κ1) is 11.6. The topological polar surface area (TPSA) is 72.3 Å². The molecule has 4 N–H and O–H groups in total. The van der Waals surface area contributed by atoms with E-state index in [0.29, 0.717) is 0 Å². The lowest BCUT2D eigenvalue weighted by Crippen LogP contribution is -2.27. The summed E-state index contributed by atoms with van der Waals surface area (Å²) in [4.78, 5) is 12.7. The highest BCUT2D eigenvalue weighted by atomic mass is 16.2. The molecule has 0 unspecified atom stereocenters. The molecule has 4 nitrogen and oxygen atoms in total. The van der Waals surface area contributed by atoms with E-state index in [1.165, 1.54) is 11.1 Å². The van der Waals surface area contributed by atoms with Gasteiger partial charge in [0, 0.05) is 14.1 Å². The zero-order chi connectivity index (χ0) is 10.4. The highest BCUT2D eigenvalue weighted by Gasteiger charge is 2.06. The Morgan fingerprint density at radius 2 is 2.00 bits per heavy atom. The van der Waals surface area contributed by atoms with Crippen molar-refractivity contribution in [2.75, 3.05) is 14.1 Å². The second kappa shape index (κ2) is 5.24. The smallest absolute Gasteiger partial charge is 0.269 e. The van der Waals surface area contributed by atoms with Gasteiger partial charge in [0.1, 0.15) is 0 Å². The number of nitrogens with two attached hydrogens (primary N) is 2. The molecule has 0 radical (unpaired) electrons. The Morgan fingerprint density at radius 1 is 1.46 bits per heavy atom. The monoisotopic (exact) mass is 183 g/mol. The molecule has 0 saturated heterocycles. The summed E-state index contributed by atoms with van der Waals surface area (Å²) in [6.45, 7) is 1.95. The van der Waals surface area contributed by atoms with Crippen molar-refractivity contribution in [2.45, 2.75) is 13.3 Å². The van der Waals surface area contributed by atoms with E-state index in [1.807, 2.05) is 6.92 Å². The van der Waals surface area contributed by atoms with Crippen LogP contribution >= 0.6 is 0 Å². The molecule has 0 bridgehead atoms. The fraction of sp³-hybridized carbons (Fsp3) is 0.444. The number of rotatable bonds is 3. The molecule has 0 aliphatic heterocycles. The minimum Gasteiger partial charge on any atom is -0.404 e. The highest BCUT2D eigenvalue weighted by molar-refractivity contribution is 5.92. The van der Waals surface area contributed by atoms with Gasteiger partial charge >= 0.3 is 0 Å². The Hall–Kier alpha value is -1.45. The van der Waals surface area contributed by atoms with E-state index < -0.39 is 0 Å². The normalized spacial score (nSPS) is 12.8. The molecule has 13 heavy (non-hydrogen) atoms. The third-order valence-electron chi connectivity index (χ3n) is 1.62. The minimum atomic E-state index is -0.201.